The number of carbonyl (C=O) groups excluding carboxylic acids is 5. The molecule has 1 saturated heterocycles. The highest BCUT2D eigenvalue weighted by Crippen LogP contribution is 2.31. The Labute approximate surface area is 264 Å². The molecular formula is C32H34N4O8S. The largest absolute Gasteiger partial charge is 0.493 e. The number of imide groups is 1. The monoisotopic (exact) mass is 634 g/mol. The molecule has 2 heterocycles. The fourth-order valence-electron chi connectivity index (χ4n) is 4.38. The summed E-state index contributed by atoms with van der Waals surface area (Å²) in [4.78, 5) is 64.9. The number of aromatic nitrogens is 1. The lowest BCUT2D eigenvalue weighted by molar-refractivity contribution is -0.132. The van der Waals surface area contributed by atoms with E-state index >= 15 is 0 Å². The summed E-state index contributed by atoms with van der Waals surface area (Å²) in [7, 11) is 1.41. The third-order valence-corrected chi connectivity index (χ3v) is 7.94. The first-order chi connectivity index (χ1) is 21.4. The molecule has 4 amide bonds. The molecule has 12 nitrogen and oxygen atoms in total. The molecule has 2 aromatic carbocycles. The topological polar surface area (TPSA) is 168 Å². The molecule has 236 valence electrons. The number of likely N-dealkylation sites (N-methyl/N-ethyl adjacent to an activating group) is 1. The average molecular weight is 635 g/mol. The third kappa shape index (κ3) is 8.89. The molecule has 0 bridgehead atoms. The van der Waals surface area contributed by atoms with Gasteiger partial charge in [-0.2, -0.15) is 0 Å². The zero-order valence-electron chi connectivity index (χ0n) is 25.2. The van der Waals surface area contributed by atoms with Crippen molar-refractivity contribution in [3.8, 4) is 5.75 Å². The van der Waals surface area contributed by atoms with E-state index in [1.54, 1.807) is 37.3 Å². The molecule has 3 N–H and O–H groups in total. The van der Waals surface area contributed by atoms with Gasteiger partial charge in [0.15, 0.2) is 11.5 Å². The number of Topliss-reactive ketones (excluding diaryl/α,β-unsaturated/α-hetero) is 1. The molecule has 3 aromatic rings. The first-order valence-corrected chi connectivity index (χ1v) is 15.0. The van der Waals surface area contributed by atoms with Crippen molar-refractivity contribution in [1.82, 2.24) is 20.7 Å². The number of aliphatic hydroxyl groups is 1. The molecule has 1 aliphatic rings. The van der Waals surface area contributed by atoms with Crippen molar-refractivity contribution in [3.63, 3.8) is 0 Å². The zero-order valence-corrected chi connectivity index (χ0v) is 26.1. The quantitative estimate of drug-likeness (QED) is 0.237. The van der Waals surface area contributed by atoms with Crippen LogP contribution in [-0.2, 0) is 20.9 Å². The van der Waals surface area contributed by atoms with Crippen LogP contribution < -0.4 is 15.4 Å². The van der Waals surface area contributed by atoms with Crippen molar-refractivity contribution in [1.29, 1.82) is 0 Å². The normalized spacial score (nSPS) is 15.9. The lowest BCUT2D eigenvalue weighted by atomic mass is 9.95. The Morgan fingerprint density at radius 1 is 1.11 bits per heavy atom. The fourth-order valence-corrected chi connectivity index (χ4v) is 5.21. The second kappa shape index (κ2) is 14.8. The SMILES string of the molecule is Cc1ccc(CNC(=O)[C@H](COc2cccc(C=C3SC(=O)N(C)C3=O)c2)CC(=O)[C@@H](NC(=O)c2cc(C)on2)[C@@H](C)O)cc1. The first kappa shape index (κ1) is 33.1. The summed E-state index contributed by atoms with van der Waals surface area (Å²) in [6.45, 7) is 4.94. The molecule has 1 aliphatic heterocycles. The minimum Gasteiger partial charge on any atom is -0.493 e. The Balaban J connectivity index is 1.49. The smallest absolute Gasteiger partial charge is 0.293 e. The number of ether oxygens (including phenoxy) is 1. The third-order valence-electron chi connectivity index (χ3n) is 6.98. The van der Waals surface area contributed by atoms with Gasteiger partial charge in [0.05, 0.1) is 16.9 Å². The highest BCUT2D eigenvalue weighted by atomic mass is 32.2. The standard InChI is InChI=1S/C32H34N4O8S/c1-18-8-10-21(11-9-18)16-33-29(39)23(15-26(38)28(20(3)37)34-30(40)25-12-19(2)44-35-25)17-43-24-7-5-6-22(13-24)14-27-31(41)36(4)32(42)45-27/h5-14,20,23,28,37H,15-17H2,1-4H3,(H,33,39)(H,34,40)/t20-,23+,28+/m1/s1. The highest BCUT2D eigenvalue weighted by Gasteiger charge is 2.33. The van der Waals surface area contributed by atoms with E-state index in [1.165, 1.54) is 20.0 Å². The van der Waals surface area contributed by atoms with Crippen LogP contribution >= 0.6 is 11.8 Å². The van der Waals surface area contributed by atoms with Crippen molar-refractivity contribution in [3.05, 3.63) is 87.6 Å². The van der Waals surface area contributed by atoms with Crippen LogP contribution in [0, 0.1) is 19.8 Å². The van der Waals surface area contributed by atoms with E-state index in [9.17, 15) is 29.1 Å². The first-order valence-electron chi connectivity index (χ1n) is 14.1. The Morgan fingerprint density at radius 3 is 2.47 bits per heavy atom. The number of aryl methyl sites for hydroxylation is 2. The number of benzene rings is 2. The van der Waals surface area contributed by atoms with E-state index < -0.39 is 41.6 Å². The molecule has 4 rings (SSSR count). The number of thioether (sulfide) groups is 1. The number of hydrogen-bond donors (Lipinski definition) is 3. The van der Waals surface area contributed by atoms with Crippen LogP contribution in [0.2, 0.25) is 0 Å². The van der Waals surface area contributed by atoms with Gasteiger partial charge in [0.2, 0.25) is 5.91 Å². The second-order valence-corrected chi connectivity index (χ2v) is 11.7. The minimum atomic E-state index is -1.32. The van der Waals surface area contributed by atoms with Gasteiger partial charge in [-0.25, -0.2) is 0 Å². The number of rotatable bonds is 13. The molecule has 13 heteroatoms. The number of ketones is 1. The average Bonchev–Trinajstić information content (AvgIpc) is 3.55. The molecule has 0 spiro atoms. The molecule has 0 unspecified atom stereocenters. The number of nitrogens with zero attached hydrogens (tertiary/aromatic N) is 2. The van der Waals surface area contributed by atoms with E-state index in [-0.39, 0.29) is 35.4 Å². The molecule has 0 aliphatic carbocycles. The molecule has 45 heavy (non-hydrogen) atoms. The lowest BCUT2D eigenvalue weighted by Gasteiger charge is -2.23. The Hall–Kier alpha value is -4.75. The number of aliphatic hydroxyl groups excluding tert-OH is 1. The second-order valence-electron chi connectivity index (χ2n) is 10.7. The van der Waals surface area contributed by atoms with Crippen molar-refractivity contribution in [2.45, 2.75) is 45.9 Å². The Morgan fingerprint density at radius 2 is 1.84 bits per heavy atom. The predicted molar refractivity (Wildman–Crippen MR) is 166 cm³/mol. The number of amides is 4. The maximum atomic E-state index is 13.4. The summed E-state index contributed by atoms with van der Waals surface area (Å²) in [5.74, 6) is -2.38. The summed E-state index contributed by atoms with van der Waals surface area (Å²) in [6.07, 6.45) is -0.0435. The van der Waals surface area contributed by atoms with Gasteiger partial charge in [-0.1, -0.05) is 47.1 Å². The lowest BCUT2D eigenvalue weighted by Crippen LogP contribution is -2.49. The van der Waals surface area contributed by atoms with Gasteiger partial charge < -0.3 is 25.0 Å². The van der Waals surface area contributed by atoms with Gasteiger partial charge in [0.1, 0.15) is 24.2 Å². The van der Waals surface area contributed by atoms with Gasteiger partial charge in [-0.3, -0.25) is 28.9 Å². The summed E-state index contributed by atoms with van der Waals surface area (Å²) in [5.41, 5.74) is 2.48. The number of hydrogen-bond acceptors (Lipinski definition) is 10. The highest BCUT2D eigenvalue weighted by molar-refractivity contribution is 8.18. The van der Waals surface area contributed by atoms with Gasteiger partial charge in [0, 0.05) is 26.1 Å². The van der Waals surface area contributed by atoms with Crippen LogP contribution in [0.3, 0.4) is 0 Å². The zero-order chi connectivity index (χ0) is 32.7. The fraction of sp³-hybridized carbons (Fsp3) is 0.312. The van der Waals surface area contributed by atoms with Crippen molar-refractivity contribution in [2.24, 2.45) is 5.92 Å². The van der Waals surface area contributed by atoms with Crippen LogP contribution in [0.4, 0.5) is 4.79 Å². The van der Waals surface area contributed by atoms with Gasteiger partial charge in [-0.15, -0.1) is 0 Å². The van der Waals surface area contributed by atoms with Crippen molar-refractivity contribution >= 4 is 46.6 Å². The van der Waals surface area contributed by atoms with E-state index in [0.29, 0.717) is 17.1 Å². The van der Waals surface area contributed by atoms with Crippen LogP contribution in [-0.4, -0.2) is 69.7 Å². The number of carbonyl (C=O) groups is 5. The molecule has 3 atom stereocenters. The summed E-state index contributed by atoms with van der Waals surface area (Å²) in [6, 6.07) is 14.4. The van der Waals surface area contributed by atoms with Crippen LogP contribution in [0.1, 0.15) is 46.3 Å². The maximum Gasteiger partial charge on any atom is 0.293 e. The molecular weight excluding hydrogens is 600 g/mol. The summed E-state index contributed by atoms with van der Waals surface area (Å²) < 4.78 is 10.9. The van der Waals surface area contributed by atoms with Crippen molar-refractivity contribution < 1.29 is 38.3 Å². The van der Waals surface area contributed by atoms with E-state index in [0.717, 1.165) is 27.8 Å². The molecule has 1 aromatic heterocycles. The Kier molecular flexibility index (Phi) is 10.9. The molecule has 0 radical (unpaired) electrons. The van der Waals surface area contributed by atoms with E-state index in [4.69, 9.17) is 9.26 Å². The van der Waals surface area contributed by atoms with E-state index in [2.05, 4.69) is 15.8 Å². The van der Waals surface area contributed by atoms with E-state index in [1.807, 2.05) is 31.2 Å². The van der Waals surface area contributed by atoms with Crippen LogP contribution in [0.25, 0.3) is 6.08 Å². The Bertz CT molecular complexity index is 1620. The van der Waals surface area contributed by atoms with Gasteiger partial charge in [-0.05, 0) is 61.9 Å². The predicted octanol–water partition coefficient (Wildman–Crippen LogP) is 3.41. The number of nitrogens with one attached hydrogen (secondary N) is 2. The molecule has 1 fully saturated rings. The maximum absolute atomic E-state index is 13.4. The summed E-state index contributed by atoms with van der Waals surface area (Å²) >= 11 is 0.832. The van der Waals surface area contributed by atoms with Crippen LogP contribution in [0.15, 0.2) is 64.0 Å². The summed E-state index contributed by atoms with van der Waals surface area (Å²) in [5, 5.41) is 18.9. The van der Waals surface area contributed by atoms with Crippen molar-refractivity contribution in [2.75, 3.05) is 13.7 Å². The van der Waals surface area contributed by atoms with Gasteiger partial charge in [0.25, 0.3) is 17.1 Å². The van der Waals surface area contributed by atoms with Gasteiger partial charge >= 0.3 is 0 Å². The molecule has 0 saturated carbocycles. The van der Waals surface area contributed by atoms with Crippen LogP contribution in [0.5, 0.6) is 5.75 Å². The minimum absolute atomic E-state index is 0.0507.